The Kier molecular flexibility index (Phi) is 4.96. The quantitative estimate of drug-likeness (QED) is 0.753. The van der Waals surface area contributed by atoms with Crippen molar-refractivity contribution in [2.45, 2.75) is 38.6 Å². The van der Waals surface area contributed by atoms with Gasteiger partial charge in [-0.2, -0.15) is 0 Å². The third-order valence-corrected chi connectivity index (χ3v) is 4.98. The van der Waals surface area contributed by atoms with Gasteiger partial charge in [0.2, 0.25) is 5.91 Å². The molecule has 1 aromatic carbocycles. The fourth-order valence-corrected chi connectivity index (χ4v) is 3.52. The van der Waals surface area contributed by atoms with Gasteiger partial charge in [-0.3, -0.25) is 14.2 Å². The summed E-state index contributed by atoms with van der Waals surface area (Å²) >= 11 is 0. The molecule has 1 N–H and O–H groups in total. The number of benzene rings is 1. The summed E-state index contributed by atoms with van der Waals surface area (Å²) in [7, 11) is 0. The van der Waals surface area contributed by atoms with Crippen LogP contribution in [0.15, 0.2) is 47.5 Å². The monoisotopic (exact) mass is 362 g/mol. The Balaban J connectivity index is 1.46. The molecular formula is C21H22N4O2. The molecule has 27 heavy (non-hydrogen) atoms. The molecule has 3 aromatic rings. The zero-order chi connectivity index (χ0) is 18.6. The van der Waals surface area contributed by atoms with Crippen LogP contribution in [0.4, 0.5) is 0 Å². The van der Waals surface area contributed by atoms with Gasteiger partial charge in [0, 0.05) is 12.2 Å². The van der Waals surface area contributed by atoms with Crippen molar-refractivity contribution < 1.29 is 4.79 Å². The van der Waals surface area contributed by atoms with Crippen LogP contribution in [0.5, 0.6) is 0 Å². The first-order chi connectivity index (χ1) is 13.2. The van der Waals surface area contributed by atoms with Crippen molar-refractivity contribution in [3.05, 3.63) is 69.9 Å². The number of aryl methyl sites for hydroxylation is 2. The predicted octanol–water partition coefficient (Wildman–Crippen LogP) is 2.03. The number of aromatic nitrogens is 3. The van der Waals surface area contributed by atoms with E-state index < -0.39 is 0 Å². The molecule has 0 bridgehead atoms. The lowest BCUT2D eigenvalue weighted by atomic mass is 9.95. The van der Waals surface area contributed by atoms with E-state index in [1.165, 1.54) is 10.9 Å². The van der Waals surface area contributed by atoms with Crippen molar-refractivity contribution in [3.8, 4) is 0 Å². The van der Waals surface area contributed by atoms with E-state index in [9.17, 15) is 9.59 Å². The van der Waals surface area contributed by atoms with Gasteiger partial charge in [0.15, 0.2) is 5.65 Å². The van der Waals surface area contributed by atoms with Crippen molar-refractivity contribution in [2.24, 2.45) is 0 Å². The van der Waals surface area contributed by atoms with Gasteiger partial charge >= 0.3 is 0 Å². The third kappa shape index (κ3) is 3.89. The Morgan fingerprint density at radius 3 is 2.81 bits per heavy atom. The van der Waals surface area contributed by atoms with Gasteiger partial charge in [0.25, 0.3) is 5.56 Å². The molecule has 0 atom stereocenters. The second-order valence-electron chi connectivity index (χ2n) is 6.94. The number of carbonyl (C=O) groups is 1. The van der Waals surface area contributed by atoms with Crippen LogP contribution >= 0.6 is 0 Å². The highest BCUT2D eigenvalue weighted by Gasteiger charge is 2.15. The van der Waals surface area contributed by atoms with E-state index in [1.54, 1.807) is 0 Å². The zero-order valence-electron chi connectivity index (χ0n) is 15.1. The topological polar surface area (TPSA) is 76.9 Å². The van der Waals surface area contributed by atoms with Gasteiger partial charge < -0.3 is 5.32 Å². The average molecular weight is 362 g/mol. The van der Waals surface area contributed by atoms with Crippen LogP contribution in [-0.4, -0.2) is 27.0 Å². The fraction of sp³-hybridized carbons (Fsp3) is 0.333. The lowest BCUT2D eigenvalue weighted by molar-refractivity contribution is -0.121. The van der Waals surface area contributed by atoms with Gasteiger partial charge in [0.1, 0.15) is 12.9 Å². The number of amides is 1. The summed E-state index contributed by atoms with van der Waals surface area (Å²) < 4.78 is 1.36. The molecule has 2 aromatic heterocycles. The van der Waals surface area contributed by atoms with Crippen molar-refractivity contribution in [3.63, 3.8) is 0 Å². The minimum atomic E-state index is -0.209. The maximum Gasteiger partial charge on any atom is 0.263 e. The molecular weight excluding hydrogens is 340 g/mol. The fourth-order valence-electron chi connectivity index (χ4n) is 3.52. The average Bonchev–Trinajstić information content (AvgIpc) is 2.70. The van der Waals surface area contributed by atoms with Crippen LogP contribution in [0.3, 0.4) is 0 Å². The smallest absolute Gasteiger partial charge is 0.263 e. The minimum Gasteiger partial charge on any atom is -0.354 e. The van der Waals surface area contributed by atoms with E-state index in [-0.39, 0.29) is 18.0 Å². The summed E-state index contributed by atoms with van der Waals surface area (Å²) in [5.41, 5.74) is 3.62. The molecule has 0 fully saturated rings. The Labute approximate surface area is 157 Å². The first-order valence-electron chi connectivity index (χ1n) is 9.39. The van der Waals surface area contributed by atoms with E-state index >= 15 is 0 Å². The maximum atomic E-state index is 12.7. The number of rotatable bonds is 5. The van der Waals surface area contributed by atoms with E-state index in [0.29, 0.717) is 17.6 Å². The van der Waals surface area contributed by atoms with Gasteiger partial charge in [-0.05, 0) is 49.3 Å². The second-order valence-corrected chi connectivity index (χ2v) is 6.94. The SMILES string of the molecule is O=C(Cn1cnc2nc3c(cc2c1=O)CCCC3)NCCc1ccccc1. The largest absolute Gasteiger partial charge is 0.354 e. The van der Waals surface area contributed by atoms with E-state index in [2.05, 4.69) is 15.3 Å². The summed E-state index contributed by atoms with van der Waals surface area (Å²) in [6, 6.07) is 11.9. The molecule has 2 heterocycles. The van der Waals surface area contributed by atoms with Gasteiger partial charge in [0.05, 0.1) is 5.39 Å². The third-order valence-electron chi connectivity index (χ3n) is 4.98. The lowest BCUT2D eigenvalue weighted by Gasteiger charge is -2.15. The molecule has 6 heteroatoms. The van der Waals surface area contributed by atoms with Crippen LogP contribution in [-0.2, 0) is 30.6 Å². The van der Waals surface area contributed by atoms with E-state index in [1.807, 2.05) is 36.4 Å². The van der Waals surface area contributed by atoms with Crippen molar-refractivity contribution >= 4 is 16.9 Å². The molecule has 1 amide bonds. The summed E-state index contributed by atoms with van der Waals surface area (Å²) in [5, 5.41) is 3.36. The van der Waals surface area contributed by atoms with Gasteiger partial charge in [-0.25, -0.2) is 9.97 Å². The predicted molar refractivity (Wildman–Crippen MR) is 104 cm³/mol. The van der Waals surface area contributed by atoms with E-state index in [4.69, 9.17) is 0 Å². The lowest BCUT2D eigenvalue weighted by Crippen LogP contribution is -2.33. The Morgan fingerprint density at radius 2 is 1.96 bits per heavy atom. The number of nitrogens with zero attached hydrogens (tertiary/aromatic N) is 3. The minimum absolute atomic E-state index is 0.0341. The maximum absolute atomic E-state index is 12.7. The molecule has 0 aliphatic heterocycles. The van der Waals surface area contributed by atoms with Crippen molar-refractivity contribution in [1.29, 1.82) is 0 Å². The first kappa shape index (κ1) is 17.4. The Morgan fingerprint density at radius 1 is 1.15 bits per heavy atom. The standard InChI is InChI=1S/C21H22N4O2/c26-19(22-11-10-15-6-2-1-3-7-15)13-25-14-23-20-17(21(25)27)12-16-8-4-5-9-18(16)24-20/h1-3,6-7,12,14H,4-5,8-11,13H2,(H,22,26). The molecule has 0 saturated heterocycles. The van der Waals surface area contributed by atoms with Crippen LogP contribution in [0.25, 0.3) is 11.0 Å². The van der Waals surface area contributed by atoms with Crippen LogP contribution in [0, 0.1) is 0 Å². The van der Waals surface area contributed by atoms with Crippen molar-refractivity contribution in [2.75, 3.05) is 6.54 Å². The Hall–Kier alpha value is -3.02. The van der Waals surface area contributed by atoms with Gasteiger partial charge in [-0.1, -0.05) is 30.3 Å². The number of fused-ring (bicyclic) bond motifs is 2. The molecule has 6 nitrogen and oxygen atoms in total. The normalized spacial score (nSPS) is 13.3. The second kappa shape index (κ2) is 7.70. The summed E-state index contributed by atoms with van der Waals surface area (Å²) in [6.07, 6.45) is 6.33. The van der Waals surface area contributed by atoms with Crippen LogP contribution in [0.1, 0.15) is 29.7 Å². The molecule has 138 valence electrons. The van der Waals surface area contributed by atoms with Crippen molar-refractivity contribution in [1.82, 2.24) is 19.9 Å². The molecule has 1 aliphatic rings. The highest BCUT2D eigenvalue weighted by molar-refractivity contribution is 5.77. The van der Waals surface area contributed by atoms with Crippen LogP contribution < -0.4 is 10.9 Å². The molecule has 0 spiro atoms. The summed E-state index contributed by atoms with van der Waals surface area (Å²) in [5.74, 6) is -0.194. The number of nitrogens with one attached hydrogen (secondary N) is 1. The molecule has 0 radical (unpaired) electrons. The summed E-state index contributed by atoms with van der Waals surface area (Å²) in [4.78, 5) is 33.8. The Bertz CT molecular complexity index is 1030. The zero-order valence-corrected chi connectivity index (χ0v) is 15.1. The highest BCUT2D eigenvalue weighted by Crippen LogP contribution is 2.21. The number of hydrogen-bond donors (Lipinski definition) is 1. The summed E-state index contributed by atoms with van der Waals surface area (Å²) in [6.45, 7) is 0.501. The number of carbonyl (C=O) groups excluding carboxylic acids is 1. The highest BCUT2D eigenvalue weighted by atomic mass is 16.2. The number of pyridine rings is 1. The molecule has 1 aliphatic carbocycles. The molecule has 0 unspecified atom stereocenters. The first-order valence-corrected chi connectivity index (χ1v) is 9.39. The number of hydrogen-bond acceptors (Lipinski definition) is 4. The molecule has 4 rings (SSSR count). The van der Waals surface area contributed by atoms with Gasteiger partial charge in [-0.15, -0.1) is 0 Å². The molecule has 0 saturated carbocycles. The van der Waals surface area contributed by atoms with E-state index in [0.717, 1.165) is 48.9 Å². The van der Waals surface area contributed by atoms with Crippen LogP contribution in [0.2, 0.25) is 0 Å².